The molecule has 2 aromatic rings. The van der Waals surface area contributed by atoms with Gasteiger partial charge in [0.05, 0.1) is 17.1 Å². The van der Waals surface area contributed by atoms with Crippen LogP contribution in [-0.4, -0.2) is 27.2 Å². The maximum atomic E-state index is 11.7. The molecule has 1 N–H and O–H groups in total. The number of nitrogens with zero attached hydrogens (tertiary/aromatic N) is 3. The fourth-order valence-corrected chi connectivity index (χ4v) is 1.58. The number of pyridine rings is 1. The monoisotopic (exact) mass is 250 g/mol. The Kier molecular flexibility index (Phi) is 3.72. The molecule has 0 bridgehead atoms. The topological polar surface area (TPSA) is 59.8 Å². The number of carbonyl (C=O) groups is 1. The predicted octanol–water partition coefficient (Wildman–Crippen LogP) is 1.36. The van der Waals surface area contributed by atoms with Gasteiger partial charge in [0, 0.05) is 31.3 Å². The number of amides is 1. The van der Waals surface area contributed by atoms with Crippen molar-refractivity contribution >= 4 is 17.5 Å². The van der Waals surface area contributed by atoms with Crippen molar-refractivity contribution in [2.45, 2.75) is 6.54 Å². The maximum absolute atomic E-state index is 11.7. The zero-order chi connectivity index (χ0) is 12.1. The molecule has 2 heterocycles. The van der Waals surface area contributed by atoms with Crippen LogP contribution in [0, 0.1) is 0 Å². The molecule has 0 radical (unpaired) electrons. The predicted molar refractivity (Wildman–Crippen MR) is 63.8 cm³/mol. The van der Waals surface area contributed by atoms with Crippen molar-refractivity contribution in [3.63, 3.8) is 0 Å². The van der Waals surface area contributed by atoms with Gasteiger partial charge in [-0.3, -0.25) is 14.5 Å². The highest BCUT2D eigenvalue weighted by molar-refractivity contribution is 6.33. The van der Waals surface area contributed by atoms with E-state index in [4.69, 9.17) is 11.6 Å². The van der Waals surface area contributed by atoms with Crippen LogP contribution < -0.4 is 5.32 Å². The molecule has 88 valence electrons. The lowest BCUT2D eigenvalue weighted by Crippen LogP contribution is -2.27. The summed E-state index contributed by atoms with van der Waals surface area (Å²) in [5.41, 5.74) is 0.433. The summed E-state index contributed by atoms with van der Waals surface area (Å²) in [4.78, 5) is 15.6. The molecular formula is C11H11ClN4O. The van der Waals surface area contributed by atoms with Gasteiger partial charge in [0.2, 0.25) is 0 Å². The molecule has 2 aromatic heterocycles. The second-order valence-electron chi connectivity index (χ2n) is 3.38. The Morgan fingerprint density at radius 2 is 2.35 bits per heavy atom. The zero-order valence-corrected chi connectivity index (χ0v) is 9.76. The fourth-order valence-electron chi connectivity index (χ4n) is 1.37. The first kappa shape index (κ1) is 11.6. The summed E-state index contributed by atoms with van der Waals surface area (Å²) in [5.74, 6) is -0.204. The SMILES string of the molecule is O=C(NCCn1cccn1)c1ccncc1Cl. The first-order valence-corrected chi connectivity index (χ1v) is 5.50. The highest BCUT2D eigenvalue weighted by atomic mass is 35.5. The molecule has 0 spiro atoms. The van der Waals surface area contributed by atoms with Crippen LogP contribution >= 0.6 is 11.6 Å². The van der Waals surface area contributed by atoms with Crippen LogP contribution in [-0.2, 0) is 6.54 Å². The number of hydrogen-bond donors (Lipinski definition) is 1. The summed E-state index contributed by atoms with van der Waals surface area (Å²) >= 11 is 5.86. The Morgan fingerprint density at radius 1 is 1.47 bits per heavy atom. The lowest BCUT2D eigenvalue weighted by molar-refractivity contribution is 0.0952. The molecule has 0 aromatic carbocycles. The van der Waals surface area contributed by atoms with E-state index in [9.17, 15) is 4.79 Å². The van der Waals surface area contributed by atoms with Crippen LogP contribution in [0.15, 0.2) is 36.9 Å². The Bertz CT molecular complexity index is 498. The molecule has 0 saturated heterocycles. The highest BCUT2D eigenvalue weighted by Gasteiger charge is 2.08. The molecule has 2 rings (SSSR count). The molecule has 0 unspecified atom stereocenters. The molecule has 5 nitrogen and oxygen atoms in total. The van der Waals surface area contributed by atoms with Gasteiger partial charge < -0.3 is 5.32 Å². The van der Waals surface area contributed by atoms with Crippen molar-refractivity contribution in [1.29, 1.82) is 0 Å². The van der Waals surface area contributed by atoms with Crippen molar-refractivity contribution in [2.75, 3.05) is 6.54 Å². The lowest BCUT2D eigenvalue weighted by Gasteiger charge is -2.06. The molecule has 17 heavy (non-hydrogen) atoms. The summed E-state index contributed by atoms with van der Waals surface area (Å²) in [7, 11) is 0. The van der Waals surface area contributed by atoms with Gasteiger partial charge in [-0.15, -0.1) is 0 Å². The number of nitrogens with one attached hydrogen (secondary N) is 1. The van der Waals surface area contributed by atoms with E-state index in [1.54, 1.807) is 16.9 Å². The van der Waals surface area contributed by atoms with Crippen LogP contribution in [0.4, 0.5) is 0 Å². The number of rotatable bonds is 4. The normalized spacial score (nSPS) is 10.2. The molecule has 6 heteroatoms. The van der Waals surface area contributed by atoms with Crippen molar-refractivity contribution in [3.8, 4) is 0 Å². The molecule has 0 aliphatic rings. The Hall–Kier alpha value is -1.88. The Balaban J connectivity index is 1.88. The Morgan fingerprint density at radius 3 is 3.06 bits per heavy atom. The van der Waals surface area contributed by atoms with Crippen LogP contribution in [0.25, 0.3) is 0 Å². The Labute approximate surface area is 103 Å². The van der Waals surface area contributed by atoms with Gasteiger partial charge in [-0.2, -0.15) is 5.10 Å². The van der Waals surface area contributed by atoms with Crippen LogP contribution in [0.3, 0.4) is 0 Å². The summed E-state index contributed by atoms with van der Waals surface area (Å²) in [6.07, 6.45) is 6.52. The molecule has 1 amide bonds. The van der Waals surface area contributed by atoms with Gasteiger partial charge in [-0.05, 0) is 12.1 Å². The quantitative estimate of drug-likeness (QED) is 0.891. The third kappa shape index (κ3) is 3.04. The third-order valence-electron chi connectivity index (χ3n) is 2.20. The van der Waals surface area contributed by atoms with E-state index in [0.717, 1.165) is 0 Å². The second-order valence-corrected chi connectivity index (χ2v) is 3.79. The van der Waals surface area contributed by atoms with Crippen molar-refractivity contribution in [3.05, 3.63) is 47.5 Å². The van der Waals surface area contributed by atoms with Crippen molar-refractivity contribution < 1.29 is 4.79 Å². The van der Waals surface area contributed by atoms with Gasteiger partial charge in [0.15, 0.2) is 0 Å². The standard InChI is InChI=1S/C11H11ClN4O/c12-10-8-13-4-2-9(10)11(17)14-5-7-16-6-1-3-15-16/h1-4,6,8H,5,7H2,(H,14,17). The first-order chi connectivity index (χ1) is 8.27. The molecule has 0 aliphatic carbocycles. The van der Waals surface area contributed by atoms with Gasteiger partial charge >= 0.3 is 0 Å². The van der Waals surface area contributed by atoms with Gasteiger partial charge in [0.25, 0.3) is 5.91 Å². The van der Waals surface area contributed by atoms with Crippen molar-refractivity contribution in [1.82, 2.24) is 20.1 Å². The number of halogens is 1. The molecule has 0 aliphatic heterocycles. The van der Waals surface area contributed by atoms with Crippen LogP contribution in [0.1, 0.15) is 10.4 Å². The molecule has 0 atom stereocenters. The van der Waals surface area contributed by atoms with E-state index in [1.165, 1.54) is 12.4 Å². The van der Waals surface area contributed by atoms with E-state index < -0.39 is 0 Å². The van der Waals surface area contributed by atoms with E-state index in [1.807, 2.05) is 12.3 Å². The summed E-state index contributed by atoms with van der Waals surface area (Å²) in [5, 5.41) is 7.15. The van der Waals surface area contributed by atoms with Gasteiger partial charge in [-0.25, -0.2) is 0 Å². The lowest BCUT2D eigenvalue weighted by atomic mass is 10.2. The average Bonchev–Trinajstić information content (AvgIpc) is 2.82. The molecule has 0 fully saturated rings. The minimum atomic E-state index is -0.204. The van der Waals surface area contributed by atoms with Gasteiger partial charge in [-0.1, -0.05) is 11.6 Å². The fraction of sp³-hybridized carbons (Fsp3) is 0.182. The number of aromatic nitrogens is 3. The summed E-state index contributed by atoms with van der Waals surface area (Å²) in [6.45, 7) is 1.13. The highest BCUT2D eigenvalue weighted by Crippen LogP contribution is 2.12. The minimum absolute atomic E-state index is 0.204. The van der Waals surface area contributed by atoms with E-state index in [-0.39, 0.29) is 5.91 Å². The van der Waals surface area contributed by atoms with Crippen LogP contribution in [0.5, 0.6) is 0 Å². The maximum Gasteiger partial charge on any atom is 0.252 e. The second kappa shape index (κ2) is 5.45. The smallest absolute Gasteiger partial charge is 0.252 e. The van der Waals surface area contributed by atoms with E-state index in [2.05, 4.69) is 15.4 Å². The molecular weight excluding hydrogens is 240 g/mol. The largest absolute Gasteiger partial charge is 0.350 e. The summed E-state index contributed by atoms with van der Waals surface area (Å²) in [6, 6.07) is 3.42. The third-order valence-corrected chi connectivity index (χ3v) is 2.50. The zero-order valence-electron chi connectivity index (χ0n) is 9.01. The van der Waals surface area contributed by atoms with E-state index in [0.29, 0.717) is 23.7 Å². The first-order valence-electron chi connectivity index (χ1n) is 5.12. The molecule has 0 saturated carbocycles. The average molecular weight is 251 g/mol. The van der Waals surface area contributed by atoms with E-state index >= 15 is 0 Å². The van der Waals surface area contributed by atoms with Crippen molar-refractivity contribution in [2.24, 2.45) is 0 Å². The van der Waals surface area contributed by atoms with Gasteiger partial charge in [0.1, 0.15) is 0 Å². The van der Waals surface area contributed by atoms with Crippen LogP contribution in [0.2, 0.25) is 5.02 Å². The minimum Gasteiger partial charge on any atom is -0.350 e. The summed E-state index contributed by atoms with van der Waals surface area (Å²) < 4.78 is 1.74. The number of carbonyl (C=O) groups excluding carboxylic acids is 1. The number of hydrogen-bond acceptors (Lipinski definition) is 3.